The summed E-state index contributed by atoms with van der Waals surface area (Å²) in [7, 11) is 0. The molecule has 0 unspecified atom stereocenters. The third-order valence-electron chi connectivity index (χ3n) is 2.38. The molecule has 1 aromatic rings. The van der Waals surface area contributed by atoms with Gasteiger partial charge >= 0.3 is 0 Å². The van der Waals surface area contributed by atoms with Crippen LogP contribution in [0.1, 0.15) is 24.2 Å². The monoisotopic (exact) mass is 184 g/mol. The van der Waals surface area contributed by atoms with Gasteiger partial charge in [0.25, 0.3) is 0 Å². The Morgan fingerprint density at radius 3 is 3.08 bits per heavy atom. The van der Waals surface area contributed by atoms with E-state index in [0.717, 1.165) is 23.4 Å². The van der Waals surface area contributed by atoms with Gasteiger partial charge in [0.1, 0.15) is 0 Å². The Labute approximate surface area is 76.0 Å². The molecule has 12 heavy (non-hydrogen) atoms. The summed E-state index contributed by atoms with van der Waals surface area (Å²) >= 11 is 5.12. The van der Waals surface area contributed by atoms with Crippen molar-refractivity contribution in [1.82, 2.24) is 9.55 Å². The normalized spacial score (nSPS) is 16.1. The molecule has 1 aliphatic heterocycles. The molecule has 0 atom stereocenters. The Balaban J connectivity index is 2.54. The van der Waals surface area contributed by atoms with Crippen molar-refractivity contribution in [3.8, 4) is 0 Å². The molecule has 0 saturated carbocycles. The van der Waals surface area contributed by atoms with Crippen molar-refractivity contribution in [2.24, 2.45) is 0 Å². The van der Waals surface area contributed by atoms with E-state index in [-0.39, 0.29) is 6.61 Å². The average Bonchev–Trinajstić information content (AvgIpc) is 2.44. The van der Waals surface area contributed by atoms with Crippen LogP contribution in [0.5, 0.6) is 0 Å². The number of nitrogens with one attached hydrogen (secondary N) is 1. The molecule has 2 heterocycles. The first-order valence-corrected chi connectivity index (χ1v) is 4.65. The van der Waals surface area contributed by atoms with Gasteiger partial charge < -0.3 is 14.7 Å². The molecule has 0 bridgehead atoms. The second-order valence-corrected chi connectivity index (χ2v) is 3.51. The Hall–Kier alpha value is -0.610. The van der Waals surface area contributed by atoms with Crippen molar-refractivity contribution in [2.75, 3.05) is 0 Å². The molecule has 0 radical (unpaired) electrons. The number of hydrogen-bond acceptors (Lipinski definition) is 2. The van der Waals surface area contributed by atoms with Crippen molar-refractivity contribution < 1.29 is 5.11 Å². The summed E-state index contributed by atoms with van der Waals surface area (Å²) in [5, 5.41) is 9.02. The highest BCUT2D eigenvalue weighted by atomic mass is 32.1. The van der Waals surface area contributed by atoms with E-state index < -0.39 is 0 Å². The first kappa shape index (κ1) is 8.01. The van der Waals surface area contributed by atoms with Crippen LogP contribution in [0.4, 0.5) is 0 Å². The van der Waals surface area contributed by atoms with Crippen molar-refractivity contribution in [2.45, 2.75) is 32.4 Å². The van der Waals surface area contributed by atoms with Gasteiger partial charge in [-0.15, -0.1) is 0 Å². The molecule has 4 heteroatoms. The number of aliphatic hydroxyl groups excluding tert-OH is 1. The van der Waals surface area contributed by atoms with Crippen LogP contribution >= 0.6 is 12.2 Å². The van der Waals surface area contributed by atoms with Crippen molar-refractivity contribution in [3.63, 3.8) is 0 Å². The summed E-state index contributed by atoms with van der Waals surface area (Å²) in [6.07, 6.45) is 3.45. The van der Waals surface area contributed by atoms with Crippen LogP contribution in [0, 0.1) is 4.77 Å². The summed E-state index contributed by atoms with van der Waals surface area (Å²) in [5.74, 6) is 0. The summed E-state index contributed by atoms with van der Waals surface area (Å²) in [6.45, 7) is 1.08. The van der Waals surface area contributed by atoms with Gasteiger partial charge in [0.2, 0.25) is 0 Å². The summed E-state index contributed by atoms with van der Waals surface area (Å²) < 4.78 is 2.86. The van der Waals surface area contributed by atoms with E-state index in [1.807, 2.05) is 0 Å². The zero-order valence-corrected chi connectivity index (χ0v) is 7.65. The van der Waals surface area contributed by atoms with Crippen molar-refractivity contribution in [3.05, 3.63) is 16.2 Å². The molecular formula is C8H12N2OS. The second-order valence-electron chi connectivity index (χ2n) is 3.12. The fourth-order valence-electron chi connectivity index (χ4n) is 1.77. The Morgan fingerprint density at radius 2 is 2.33 bits per heavy atom. The number of rotatable bonds is 1. The lowest BCUT2D eigenvalue weighted by Gasteiger charge is -2.14. The van der Waals surface area contributed by atoms with Crippen LogP contribution in [-0.2, 0) is 19.6 Å². The molecule has 1 aliphatic rings. The number of aromatic nitrogens is 2. The summed E-state index contributed by atoms with van der Waals surface area (Å²) in [5.41, 5.74) is 2.11. The minimum atomic E-state index is 0.0754. The average molecular weight is 184 g/mol. The predicted octanol–water partition coefficient (Wildman–Crippen LogP) is 1.37. The van der Waals surface area contributed by atoms with Gasteiger partial charge in [-0.2, -0.15) is 0 Å². The molecule has 2 rings (SSSR count). The van der Waals surface area contributed by atoms with Gasteiger partial charge in [-0.05, 0) is 31.5 Å². The fourth-order valence-corrected chi connectivity index (χ4v) is 2.09. The maximum Gasteiger partial charge on any atom is 0.177 e. The number of hydrogen-bond donors (Lipinski definition) is 2. The van der Waals surface area contributed by atoms with Crippen molar-refractivity contribution >= 4 is 12.2 Å². The smallest absolute Gasteiger partial charge is 0.177 e. The minimum absolute atomic E-state index is 0.0754. The van der Waals surface area contributed by atoms with Gasteiger partial charge in [0.15, 0.2) is 4.77 Å². The number of nitrogens with zero attached hydrogens (tertiary/aromatic N) is 1. The maximum absolute atomic E-state index is 9.02. The zero-order valence-electron chi connectivity index (χ0n) is 6.84. The number of fused-ring (bicyclic) bond motifs is 1. The highest BCUT2D eigenvalue weighted by Gasteiger charge is 2.14. The quantitative estimate of drug-likeness (QED) is 0.647. The summed E-state index contributed by atoms with van der Waals surface area (Å²) in [6, 6.07) is 0. The molecule has 66 valence electrons. The van der Waals surface area contributed by atoms with Gasteiger partial charge in [0, 0.05) is 12.2 Å². The molecule has 0 aromatic carbocycles. The molecule has 1 aromatic heterocycles. The van der Waals surface area contributed by atoms with E-state index in [1.165, 1.54) is 18.5 Å². The molecule has 0 aliphatic carbocycles. The third kappa shape index (κ3) is 1.11. The molecule has 2 N–H and O–H groups in total. The Kier molecular flexibility index (Phi) is 2.02. The topological polar surface area (TPSA) is 40.9 Å². The molecule has 3 nitrogen and oxygen atoms in total. The van der Waals surface area contributed by atoms with E-state index >= 15 is 0 Å². The highest BCUT2D eigenvalue weighted by Crippen LogP contribution is 2.18. The largest absolute Gasteiger partial charge is 0.390 e. The van der Waals surface area contributed by atoms with Gasteiger partial charge in [-0.3, -0.25) is 0 Å². The lowest BCUT2D eigenvalue weighted by Crippen LogP contribution is -2.10. The van der Waals surface area contributed by atoms with E-state index in [2.05, 4.69) is 9.55 Å². The molecule has 0 amide bonds. The molecular weight excluding hydrogens is 172 g/mol. The Morgan fingerprint density at radius 1 is 1.50 bits per heavy atom. The van der Waals surface area contributed by atoms with Crippen LogP contribution in [0.2, 0.25) is 0 Å². The number of imidazole rings is 1. The predicted molar refractivity (Wildman–Crippen MR) is 48.5 cm³/mol. The number of aliphatic hydroxyl groups is 1. The first-order chi connectivity index (χ1) is 5.83. The van der Waals surface area contributed by atoms with E-state index in [1.54, 1.807) is 0 Å². The Bertz CT molecular complexity index is 339. The highest BCUT2D eigenvalue weighted by molar-refractivity contribution is 7.71. The molecule has 0 spiro atoms. The van der Waals surface area contributed by atoms with E-state index in [9.17, 15) is 0 Å². The standard InChI is InChI=1S/C8H12N2OS/c11-5-6-7-3-1-2-4-10(7)8(12)9-6/h11H,1-5H2,(H,9,12). The van der Waals surface area contributed by atoms with Crippen LogP contribution in [0.3, 0.4) is 0 Å². The second kappa shape index (κ2) is 3.03. The molecule has 0 fully saturated rings. The van der Waals surface area contributed by atoms with Gasteiger partial charge in [0.05, 0.1) is 12.3 Å². The van der Waals surface area contributed by atoms with Crippen LogP contribution in [-0.4, -0.2) is 14.7 Å². The lowest BCUT2D eigenvalue weighted by molar-refractivity contribution is 0.275. The van der Waals surface area contributed by atoms with Crippen LogP contribution in [0.15, 0.2) is 0 Å². The minimum Gasteiger partial charge on any atom is -0.390 e. The van der Waals surface area contributed by atoms with E-state index in [4.69, 9.17) is 17.3 Å². The number of aromatic amines is 1. The maximum atomic E-state index is 9.02. The number of H-pyrrole nitrogens is 1. The van der Waals surface area contributed by atoms with Crippen LogP contribution < -0.4 is 0 Å². The van der Waals surface area contributed by atoms with Crippen LogP contribution in [0.25, 0.3) is 0 Å². The zero-order chi connectivity index (χ0) is 8.55. The van der Waals surface area contributed by atoms with Gasteiger partial charge in [-0.1, -0.05) is 0 Å². The first-order valence-electron chi connectivity index (χ1n) is 4.24. The third-order valence-corrected chi connectivity index (χ3v) is 2.70. The van der Waals surface area contributed by atoms with Crippen molar-refractivity contribution in [1.29, 1.82) is 0 Å². The van der Waals surface area contributed by atoms with Gasteiger partial charge in [-0.25, -0.2) is 0 Å². The lowest BCUT2D eigenvalue weighted by atomic mass is 10.1. The van der Waals surface area contributed by atoms with E-state index in [0.29, 0.717) is 0 Å². The molecule has 0 saturated heterocycles. The fraction of sp³-hybridized carbons (Fsp3) is 0.625. The summed E-state index contributed by atoms with van der Waals surface area (Å²) in [4.78, 5) is 3.03. The SMILES string of the molecule is OCc1[nH]c(=S)n2c1CCCC2.